The molecule has 6 nitrogen and oxygen atoms in total. The van der Waals surface area contributed by atoms with Gasteiger partial charge >= 0.3 is 0 Å². The summed E-state index contributed by atoms with van der Waals surface area (Å²) < 4.78 is 33.4. The Labute approximate surface area is 160 Å². The molecule has 0 aliphatic carbocycles. The molecule has 2 aromatic rings. The number of hydrogen-bond donors (Lipinski definition) is 1. The Bertz CT molecular complexity index is 925. The van der Waals surface area contributed by atoms with Crippen LogP contribution in [0.2, 0.25) is 0 Å². The van der Waals surface area contributed by atoms with Crippen molar-refractivity contribution < 1.29 is 17.9 Å². The second-order valence-electron chi connectivity index (χ2n) is 6.88. The summed E-state index contributed by atoms with van der Waals surface area (Å²) in [6.45, 7) is 7.01. The highest BCUT2D eigenvalue weighted by Crippen LogP contribution is 2.25. The van der Waals surface area contributed by atoms with E-state index in [0.29, 0.717) is 17.9 Å². The summed E-state index contributed by atoms with van der Waals surface area (Å²) in [5.74, 6) is -0.176. The molecular weight excluding hydrogens is 364 g/mol. The van der Waals surface area contributed by atoms with Crippen LogP contribution in [0.1, 0.15) is 31.1 Å². The Balaban J connectivity index is 1.78. The van der Waals surface area contributed by atoms with Crippen molar-refractivity contribution in [2.75, 3.05) is 22.8 Å². The van der Waals surface area contributed by atoms with E-state index in [-0.39, 0.29) is 22.8 Å². The standard InChI is InChI=1S/C20H24N2O4S/c1-14-13-26-15(2)12-22(14)19-9-7-18(8-10-19)21-27(24,25)20-6-4-5-17(11-20)16(3)23/h4-11,14-15,21H,12-13H2,1-3H3. The Hall–Kier alpha value is -2.38. The number of carbonyl (C=O) groups is 1. The molecule has 2 unspecified atom stereocenters. The average Bonchev–Trinajstić information content (AvgIpc) is 2.64. The summed E-state index contributed by atoms with van der Waals surface area (Å²) in [5.41, 5.74) is 1.86. The number of ketones is 1. The number of benzene rings is 2. The summed E-state index contributed by atoms with van der Waals surface area (Å²) >= 11 is 0. The lowest BCUT2D eigenvalue weighted by molar-refractivity contribution is 0.0344. The fourth-order valence-electron chi connectivity index (χ4n) is 3.08. The van der Waals surface area contributed by atoms with E-state index in [4.69, 9.17) is 4.74 Å². The van der Waals surface area contributed by atoms with Crippen LogP contribution in [-0.2, 0) is 14.8 Å². The molecule has 1 aliphatic heterocycles. The third kappa shape index (κ3) is 4.48. The first-order chi connectivity index (χ1) is 12.8. The third-order valence-corrected chi connectivity index (χ3v) is 5.99. The molecule has 0 radical (unpaired) electrons. The maximum atomic E-state index is 12.6. The molecule has 1 aliphatic rings. The number of sulfonamides is 1. The molecule has 27 heavy (non-hydrogen) atoms. The molecule has 0 saturated carbocycles. The van der Waals surface area contributed by atoms with Crippen molar-refractivity contribution in [1.29, 1.82) is 0 Å². The Morgan fingerprint density at radius 1 is 1.15 bits per heavy atom. The summed E-state index contributed by atoms with van der Waals surface area (Å²) in [6, 6.07) is 13.6. The summed E-state index contributed by atoms with van der Waals surface area (Å²) in [4.78, 5) is 13.8. The molecule has 0 amide bonds. The smallest absolute Gasteiger partial charge is 0.261 e. The molecular formula is C20H24N2O4S. The van der Waals surface area contributed by atoms with E-state index in [9.17, 15) is 13.2 Å². The van der Waals surface area contributed by atoms with Crippen molar-refractivity contribution >= 4 is 27.2 Å². The minimum atomic E-state index is -3.76. The zero-order valence-corrected chi connectivity index (χ0v) is 16.5. The van der Waals surface area contributed by atoms with Gasteiger partial charge in [-0.15, -0.1) is 0 Å². The predicted octanol–water partition coefficient (Wildman–Crippen LogP) is 3.30. The second kappa shape index (κ2) is 7.70. The van der Waals surface area contributed by atoms with Crippen LogP contribution in [0.25, 0.3) is 0 Å². The molecule has 144 valence electrons. The largest absolute Gasteiger partial charge is 0.375 e. The zero-order valence-electron chi connectivity index (χ0n) is 15.7. The third-order valence-electron chi connectivity index (χ3n) is 4.61. The maximum absolute atomic E-state index is 12.6. The molecule has 1 heterocycles. The first-order valence-corrected chi connectivity index (χ1v) is 10.4. The van der Waals surface area contributed by atoms with Crippen molar-refractivity contribution in [2.45, 2.75) is 37.8 Å². The van der Waals surface area contributed by atoms with E-state index < -0.39 is 10.0 Å². The first-order valence-electron chi connectivity index (χ1n) is 8.88. The van der Waals surface area contributed by atoms with E-state index in [1.54, 1.807) is 24.3 Å². The van der Waals surface area contributed by atoms with Gasteiger partial charge in [0.05, 0.1) is 17.6 Å². The number of ether oxygens (including phenoxy) is 1. The molecule has 7 heteroatoms. The second-order valence-corrected chi connectivity index (χ2v) is 8.56. The quantitative estimate of drug-likeness (QED) is 0.796. The minimum absolute atomic E-state index is 0.0647. The van der Waals surface area contributed by atoms with E-state index in [1.165, 1.54) is 19.1 Å². The molecule has 0 bridgehead atoms. The van der Waals surface area contributed by atoms with Gasteiger partial charge in [0.1, 0.15) is 0 Å². The van der Waals surface area contributed by atoms with Crippen molar-refractivity contribution in [3.05, 3.63) is 54.1 Å². The van der Waals surface area contributed by atoms with Gasteiger partial charge in [0.15, 0.2) is 5.78 Å². The van der Waals surface area contributed by atoms with Crippen LogP contribution in [0.5, 0.6) is 0 Å². The van der Waals surface area contributed by atoms with Crippen LogP contribution >= 0.6 is 0 Å². The van der Waals surface area contributed by atoms with Crippen LogP contribution in [0.4, 0.5) is 11.4 Å². The van der Waals surface area contributed by atoms with Gasteiger partial charge in [-0.1, -0.05) is 12.1 Å². The van der Waals surface area contributed by atoms with Crippen LogP contribution < -0.4 is 9.62 Å². The number of nitrogens with zero attached hydrogens (tertiary/aromatic N) is 1. The molecule has 2 atom stereocenters. The first kappa shape index (κ1) is 19.4. The number of hydrogen-bond acceptors (Lipinski definition) is 5. The molecule has 1 saturated heterocycles. The van der Waals surface area contributed by atoms with Crippen molar-refractivity contribution in [2.24, 2.45) is 0 Å². The van der Waals surface area contributed by atoms with Crippen LogP contribution in [0.3, 0.4) is 0 Å². The zero-order chi connectivity index (χ0) is 19.6. The van der Waals surface area contributed by atoms with Crippen LogP contribution in [-0.4, -0.2) is 39.5 Å². The average molecular weight is 388 g/mol. The number of carbonyl (C=O) groups excluding carboxylic acids is 1. The fourth-order valence-corrected chi connectivity index (χ4v) is 4.18. The van der Waals surface area contributed by atoms with Gasteiger partial charge in [-0.2, -0.15) is 0 Å². The Morgan fingerprint density at radius 2 is 1.85 bits per heavy atom. The lowest BCUT2D eigenvalue weighted by atomic mass is 10.1. The van der Waals surface area contributed by atoms with Crippen LogP contribution in [0.15, 0.2) is 53.4 Å². The SMILES string of the molecule is CC(=O)c1cccc(S(=O)(=O)Nc2ccc(N3CC(C)OCC3C)cc2)c1. The minimum Gasteiger partial charge on any atom is -0.375 e. The maximum Gasteiger partial charge on any atom is 0.261 e. The normalized spacial score (nSPS) is 20.3. The number of nitrogens with one attached hydrogen (secondary N) is 1. The molecule has 2 aromatic carbocycles. The number of morpholine rings is 1. The van der Waals surface area contributed by atoms with Gasteiger partial charge in [-0.05, 0) is 57.2 Å². The molecule has 3 rings (SSSR count). The highest BCUT2D eigenvalue weighted by atomic mass is 32.2. The molecule has 1 fully saturated rings. The summed E-state index contributed by atoms with van der Waals surface area (Å²) in [7, 11) is -3.76. The van der Waals surface area contributed by atoms with Crippen LogP contribution in [0, 0.1) is 0 Å². The van der Waals surface area contributed by atoms with Crippen molar-refractivity contribution in [3.63, 3.8) is 0 Å². The van der Waals surface area contributed by atoms with Crippen molar-refractivity contribution in [1.82, 2.24) is 0 Å². The van der Waals surface area contributed by atoms with Gasteiger partial charge in [-0.3, -0.25) is 9.52 Å². The molecule has 0 spiro atoms. The summed E-state index contributed by atoms with van der Waals surface area (Å²) in [5, 5.41) is 0. The van der Waals surface area contributed by atoms with Crippen molar-refractivity contribution in [3.8, 4) is 0 Å². The van der Waals surface area contributed by atoms with Gasteiger partial charge in [0.25, 0.3) is 10.0 Å². The van der Waals surface area contributed by atoms with E-state index >= 15 is 0 Å². The number of rotatable bonds is 5. The van der Waals surface area contributed by atoms with E-state index in [1.807, 2.05) is 19.1 Å². The van der Waals surface area contributed by atoms with E-state index in [0.717, 1.165) is 12.2 Å². The predicted molar refractivity (Wildman–Crippen MR) is 106 cm³/mol. The number of anilines is 2. The number of Topliss-reactive ketones (excluding diaryl/α,β-unsaturated/α-hetero) is 1. The topological polar surface area (TPSA) is 75.7 Å². The van der Waals surface area contributed by atoms with Gasteiger partial charge in [0, 0.05) is 29.5 Å². The molecule has 0 aromatic heterocycles. The Kier molecular flexibility index (Phi) is 5.53. The van der Waals surface area contributed by atoms with Gasteiger partial charge in [0.2, 0.25) is 0 Å². The van der Waals surface area contributed by atoms with Gasteiger partial charge in [-0.25, -0.2) is 8.42 Å². The fraction of sp³-hybridized carbons (Fsp3) is 0.350. The summed E-state index contributed by atoms with van der Waals surface area (Å²) in [6.07, 6.45) is 0.160. The lowest BCUT2D eigenvalue weighted by Gasteiger charge is -2.38. The lowest BCUT2D eigenvalue weighted by Crippen LogP contribution is -2.47. The Morgan fingerprint density at radius 3 is 2.52 bits per heavy atom. The van der Waals surface area contributed by atoms with Gasteiger partial charge < -0.3 is 9.64 Å². The monoisotopic (exact) mass is 388 g/mol. The van der Waals surface area contributed by atoms with E-state index in [2.05, 4.69) is 16.5 Å². The molecule has 1 N–H and O–H groups in total. The highest BCUT2D eigenvalue weighted by Gasteiger charge is 2.23. The highest BCUT2D eigenvalue weighted by molar-refractivity contribution is 7.92.